The van der Waals surface area contributed by atoms with Gasteiger partial charge < -0.3 is 5.32 Å². The first kappa shape index (κ1) is 10.1. The van der Waals surface area contributed by atoms with Gasteiger partial charge in [0.1, 0.15) is 5.69 Å². The van der Waals surface area contributed by atoms with Gasteiger partial charge in [-0.15, -0.1) is 0 Å². The highest BCUT2D eigenvalue weighted by Gasteiger charge is 2.25. The molecule has 0 atom stereocenters. The summed E-state index contributed by atoms with van der Waals surface area (Å²) in [6.45, 7) is 1.35. The van der Waals surface area contributed by atoms with Gasteiger partial charge in [0.15, 0.2) is 0 Å². The summed E-state index contributed by atoms with van der Waals surface area (Å²) in [5.41, 5.74) is 0.446. The van der Waals surface area contributed by atoms with Crippen molar-refractivity contribution in [3.8, 4) is 0 Å². The van der Waals surface area contributed by atoms with Crippen LogP contribution in [0.3, 0.4) is 0 Å². The van der Waals surface area contributed by atoms with Crippen LogP contribution in [0.25, 0.3) is 0 Å². The number of rotatable bonds is 3. The van der Waals surface area contributed by atoms with E-state index in [2.05, 4.69) is 10.3 Å². The van der Waals surface area contributed by atoms with Crippen molar-refractivity contribution in [2.24, 2.45) is 0 Å². The molecule has 0 amide bonds. The van der Waals surface area contributed by atoms with Crippen molar-refractivity contribution in [2.75, 3.05) is 7.05 Å². The van der Waals surface area contributed by atoms with Crippen molar-refractivity contribution in [2.45, 2.75) is 19.4 Å². The van der Waals surface area contributed by atoms with Crippen molar-refractivity contribution in [1.29, 1.82) is 0 Å². The summed E-state index contributed by atoms with van der Waals surface area (Å²) in [5.74, 6) is -2.86. The van der Waals surface area contributed by atoms with Gasteiger partial charge in [0.25, 0.3) is 5.92 Å². The fourth-order valence-corrected chi connectivity index (χ4v) is 1.00. The highest BCUT2D eigenvalue weighted by atomic mass is 19.3. The molecule has 0 aliphatic rings. The maximum absolute atomic E-state index is 12.8. The highest BCUT2D eigenvalue weighted by molar-refractivity contribution is 5.14. The van der Waals surface area contributed by atoms with Crippen molar-refractivity contribution in [3.63, 3.8) is 0 Å². The highest BCUT2D eigenvalue weighted by Crippen LogP contribution is 2.24. The second-order valence-corrected chi connectivity index (χ2v) is 2.93. The summed E-state index contributed by atoms with van der Waals surface area (Å²) in [5, 5.41) is 2.86. The van der Waals surface area contributed by atoms with E-state index in [4.69, 9.17) is 0 Å². The van der Waals surface area contributed by atoms with Gasteiger partial charge in [0.05, 0.1) is 5.69 Å². The molecule has 0 saturated carbocycles. The lowest BCUT2D eigenvalue weighted by atomic mass is 10.2. The normalized spacial score (nSPS) is 11.7. The van der Waals surface area contributed by atoms with Crippen LogP contribution in [0.15, 0.2) is 18.2 Å². The first-order chi connectivity index (χ1) is 6.04. The third-order valence-electron chi connectivity index (χ3n) is 1.61. The van der Waals surface area contributed by atoms with Crippen LogP contribution in [0.4, 0.5) is 8.78 Å². The second-order valence-electron chi connectivity index (χ2n) is 2.93. The average Bonchev–Trinajstić information content (AvgIpc) is 2.04. The van der Waals surface area contributed by atoms with Gasteiger partial charge >= 0.3 is 0 Å². The molecule has 0 aromatic carbocycles. The summed E-state index contributed by atoms with van der Waals surface area (Å²) < 4.78 is 25.6. The molecular weight excluding hydrogens is 174 g/mol. The fraction of sp³-hybridized carbons (Fsp3) is 0.444. The lowest BCUT2D eigenvalue weighted by Crippen LogP contribution is -2.13. The molecule has 0 aliphatic heterocycles. The van der Waals surface area contributed by atoms with Crippen LogP contribution in [0.5, 0.6) is 0 Å². The van der Waals surface area contributed by atoms with E-state index >= 15 is 0 Å². The first-order valence-corrected chi connectivity index (χ1v) is 4.03. The lowest BCUT2D eigenvalue weighted by Gasteiger charge is -2.10. The summed E-state index contributed by atoms with van der Waals surface area (Å²) in [7, 11) is 1.75. The Bertz CT molecular complexity index is 281. The van der Waals surface area contributed by atoms with Gasteiger partial charge in [-0.3, -0.25) is 4.98 Å². The SMILES string of the molecule is CNCc1cccc(C(C)(F)F)n1. The summed E-state index contributed by atoms with van der Waals surface area (Å²) in [6, 6.07) is 4.64. The van der Waals surface area contributed by atoms with Gasteiger partial charge in [0.2, 0.25) is 0 Å². The average molecular weight is 186 g/mol. The van der Waals surface area contributed by atoms with E-state index in [-0.39, 0.29) is 5.69 Å². The predicted molar refractivity (Wildman–Crippen MR) is 46.6 cm³/mol. The zero-order valence-corrected chi connectivity index (χ0v) is 7.64. The van der Waals surface area contributed by atoms with Crippen LogP contribution in [-0.4, -0.2) is 12.0 Å². The van der Waals surface area contributed by atoms with Crippen LogP contribution in [0.1, 0.15) is 18.3 Å². The molecule has 1 rings (SSSR count). The second kappa shape index (κ2) is 3.79. The quantitative estimate of drug-likeness (QED) is 0.780. The van der Waals surface area contributed by atoms with Gasteiger partial charge in [-0.2, -0.15) is 8.78 Å². The number of halogens is 2. The molecule has 72 valence electrons. The van der Waals surface area contributed by atoms with Crippen molar-refractivity contribution in [3.05, 3.63) is 29.6 Å². The Balaban J connectivity index is 2.92. The third-order valence-corrected chi connectivity index (χ3v) is 1.61. The number of aromatic nitrogens is 1. The van der Waals surface area contributed by atoms with Crippen LogP contribution in [-0.2, 0) is 12.5 Å². The Morgan fingerprint density at radius 3 is 2.69 bits per heavy atom. The number of hydrogen-bond acceptors (Lipinski definition) is 2. The van der Waals surface area contributed by atoms with E-state index in [0.29, 0.717) is 12.2 Å². The van der Waals surface area contributed by atoms with E-state index in [1.54, 1.807) is 19.2 Å². The zero-order valence-electron chi connectivity index (χ0n) is 7.64. The molecule has 1 aromatic heterocycles. The number of pyridine rings is 1. The van der Waals surface area contributed by atoms with Crippen molar-refractivity contribution < 1.29 is 8.78 Å². The standard InChI is InChI=1S/C9H12F2N2/c1-9(10,11)8-5-3-4-7(13-8)6-12-2/h3-5,12H,6H2,1-2H3. The van der Waals surface area contributed by atoms with Crippen LogP contribution in [0, 0.1) is 0 Å². The Kier molecular flexibility index (Phi) is 2.93. The molecule has 4 heteroatoms. The van der Waals surface area contributed by atoms with Crippen LogP contribution in [0.2, 0.25) is 0 Å². The van der Waals surface area contributed by atoms with Crippen LogP contribution >= 0.6 is 0 Å². The van der Waals surface area contributed by atoms with Crippen molar-refractivity contribution in [1.82, 2.24) is 10.3 Å². The monoisotopic (exact) mass is 186 g/mol. The molecule has 0 unspecified atom stereocenters. The molecule has 0 fully saturated rings. The molecule has 0 aliphatic carbocycles. The summed E-state index contributed by atoms with van der Waals surface area (Å²) in [6.07, 6.45) is 0. The number of nitrogens with one attached hydrogen (secondary N) is 1. The van der Waals surface area contributed by atoms with Gasteiger partial charge in [-0.25, -0.2) is 0 Å². The molecule has 13 heavy (non-hydrogen) atoms. The number of hydrogen-bond donors (Lipinski definition) is 1. The maximum Gasteiger partial charge on any atom is 0.286 e. The van der Waals surface area contributed by atoms with Gasteiger partial charge in [-0.1, -0.05) is 6.07 Å². The maximum atomic E-state index is 12.8. The molecule has 0 radical (unpaired) electrons. The zero-order chi connectivity index (χ0) is 9.90. The molecule has 1 aromatic rings. The first-order valence-electron chi connectivity index (χ1n) is 4.03. The van der Waals surface area contributed by atoms with E-state index < -0.39 is 5.92 Å². The minimum Gasteiger partial charge on any atom is -0.314 e. The smallest absolute Gasteiger partial charge is 0.286 e. The van der Waals surface area contributed by atoms with E-state index in [0.717, 1.165) is 6.92 Å². The summed E-state index contributed by atoms with van der Waals surface area (Å²) in [4.78, 5) is 3.82. The number of nitrogens with zero attached hydrogens (tertiary/aromatic N) is 1. The number of alkyl halides is 2. The minimum atomic E-state index is -2.86. The third kappa shape index (κ3) is 2.73. The van der Waals surface area contributed by atoms with Crippen molar-refractivity contribution >= 4 is 0 Å². The Morgan fingerprint density at radius 2 is 2.15 bits per heavy atom. The minimum absolute atomic E-state index is 0.180. The molecule has 0 bridgehead atoms. The molecule has 0 spiro atoms. The Labute approximate surface area is 76.0 Å². The molecule has 1 heterocycles. The van der Waals surface area contributed by atoms with E-state index in [1.807, 2.05) is 0 Å². The van der Waals surface area contributed by atoms with E-state index in [1.165, 1.54) is 6.07 Å². The Hall–Kier alpha value is -1.03. The lowest BCUT2D eigenvalue weighted by molar-refractivity contribution is 0.0125. The van der Waals surface area contributed by atoms with Gasteiger partial charge in [0, 0.05) is 13.5 Å². The summed E-state index contributed by atoms with van der Waals surface area (Å²) >= 11 is 0. The van der Waals surface area contributed by atoms with Gasteiger partial charge in [-0.05, 0) is 19.2 Å². The topological polar surface area (TPSA) is 24.9 Å². The van der Waals surface area contributed by atoms with Crippen LogP contribution < -0.4 is 5.32 Å². The molecular formula is C9H12F2N2. The van der Waals surface area contributed by atoms with E-state index in [9.17, 15) is 8.78 Å². The Morgan fingerprint density at radius 1 is 1.46 bits per heavy atom. The largest absolute Gasteiger partial charge is 0.314 e. The predicted octanol–water partition coefficient (Wildman–Crippen LogP) is 1.91. The fourth-order valence-electron chi connectivity index (χ4n) is 1.00. The molecule has 1 N–H and O–H groups in total. The molecule has 2 nitrogen and oxygen atoms in total. The molecule has 0 saturated heterocycles.